The smallest absolute Gasteiger partial charge is 0.168 e. The van der Waals surface area contributed by atoms with Gasteiger partial charge in [-0.1, -0.05) is 6.07 Å². The van der Waals surface area contributed by atoms with E-state index >= 15 is 4.39 Å². The maximum Gasteiger partial charge on any atom is 0.168 e. The number of aromatic nitrogens is 2. The van der Waals surface area contributed by atoms with Crippen LogP contribution in [0.5, 0.6) is 5.75 Å². The molecule has 2 aliphatic heterocycles. The van der Waals surface area contributed by atoms with Gasteiger partial charge in [0.05, 0.1) is 18.3 Å². The maximum absolute atomic E-state index is 15.1. The van der Waals surface area contributed by atoms with Crippen LogP contribution in [0.1, 0.15) is 48.4 Å². The largest absolute Gasteiger partial charge is 0.550 e. The van der Waals surface area contributed by atoms with Crippen LogP contribution in [-0.2, 0) is 11.4 Å². The van der Waals surface area contributed by atoms with Gasteiger partial charge in [-0.15, -0.1) is 0 Å². The number of likely N-dealkylation sites (tertiary alicyclic amines) is 1. The lowest BCUT2D eigenvalue weighted by atomic mass is 9.92. The van der Waals surface area contributed by atoms with E-state index in [-0.39, 0.29) is 17.9 Å². The van der Waals surface area contributed by atoms with Crippen LogP contribution in [0.25, 0.3) is 11.3 Å². The van der Waals surface area contributed by atoms with Gasteiger partial charge in [-0.3, -0.25) is 9.88 Å². The van der Waals surface area contributed by atoms with Crippen molar-refractivity contribution in [2.45, 2.75) is 45.1 Å². The Labute approximate surface area is 238 Å². The highest BCUT2D eigenvalue weighted by atomic mass is 19.1. The summed E-state index contributed by atoms with van der Waals surface area (Å²) in [5.74, 6) is -2.26. The highest BCUT2D eigenvalue weighted by Gasteiger charge is 2.24. The summed E-state index contributed by atoms with van der Waals surface area (Å²) in [6, 6.07) is 11.5. The Morgan fingerprint density at radius 2 is 1.88 bits per heavy atom. The average molecular weight is 561 g/mol. The van der Waals surface area contributed by atoms with E-state index in [1.807, 2.05) is 17.9 Å². The number of nitrogens with zero attached hydrogens (tertiary/aromatic N) is 5. The van der Waals surface area contributed by atoms with Crippen molar-refractivity contribution >= 4 is 11.8 Å². The quantitative estimate of drug-likeness (QED) is 0.381. The Morgan fingerprint density at radius 1 is 1.12 bits per heavy atom. The Kier molecular flexibility index (Phi) is 8.74. The molecule has 2 aliphatic rings. The Morgan fingerprint density at radius 3 is 2.56 bits per heavy atom. The van der Waals surface area contributed by atoms with Crippen molar-refractivity contribution in [3.8, 4) is 23.1 Å². The van der Waals surface area contributed by atoms with Crippen LogP contribution in [-0.4, -0.2) is 53.6 Å². The molecule has 0 atom stereocenters. The third-order valence-corrected chi connectivity index (χ3v) is 8.08. The zero-order chi connectivity index (χ0) is 28.9. The number of nitriles is 1. The average Bonchev–Trinajstić information content (AvgIpc) is 2.97. The van der Waals surface area contributed by atoms with Gasteiger partial charge in [0.15, 0.2) is 11.6 Å². The molecule has 4 heterocycles. The minimum Gasteiger partial charge on any atom is -0.550 e. The van der Waals surface area contributed by atoms with Crippen molar-refractivity contribution in [1.82, 2.24) is 14.9 Å². The number of carboxylic acid groups (broad SMARTS) is 1. The predicted molar refractivity (Wildman–Crippen MR) is 147 cm³/mol. The monoisotopic (exact) mass is 560 g/mol. The third kappa shape index (κ3) is 6.63. The zero-order valence-electron chi connectivity index (χ0n) is 23.0. The lowest BCUT2D eigenvalue weighted by Gasteiger charge is -2.33. The number of rotatable bonds is 8. The van der Waals surface area contributed by atoms with Crippen LogP contribution < -0.4 is 14.7 Å². The van der Waals surface area contributed by atoms with Crippen molar-refractivity contribution in [1.29, 1.82) is 5.26 Å². The molecule has 0 N–H and O–H groups in total. The number of pyridine rings is 2. The first-order valence-corrected chi connectivity index (χ1v) is 13.9. The lowest BCUT2D eigenvalue weighted by Crippen LogP contribution is -2.41. The van der Waals surface area contributed by atoms with Crippen molar-refractivity contribution in [2.75, 3.05) is 37.6 Å². The summed E-state index contributed by atoms with van der Waals surface area (Å²) in [5, 5.41) is 20.1. The van der Waals surface area contributed by atoms with E-state index in [1.165, 1.54) is 6.07 Å². The van der Waals surface area contributed by atoms with E-state index in [0.717, 1.165) is 48.8 Å². The van der Waals surface area contributed by atoms with Gasteiger partial charge < -0.3 is 19.5 Å². The van der Waals surface area contributed by atoms with Crippen LogP contribution in [0.15, 0.2) is 42.6 Å². The number of piperidine rings is 2. The van der Waals surface area contributed by atoms with Crippen LogP contribution in [0.2, 0.25) is 0 Å². The van der Waals surface area contributed by atoms with Gasteiger partial charge in [0.25, 0.3) is 0 Å². The molecule has 214 valence electrons. The number of aliphatic carboxylic acids is 1. The first-order valence-electron chi connectivity index (χ1n) is 13.9. The van der Waals surface area contributed by atoms with Gasteiger partial charge in [0.1, 0.15) is 18.2 Å². The number of benzene rings is 1. The number of anilines is 1. The number of carboxylic acids is 1. The van der Waals surface area contributed by atoms with E-state index < -0.39 is 23.5 Å². The van der Waals surface area contributed by atoms with Gasteiger partial charge in [0, 0.05) is 60.0 Å². The number of hydrogen-bond donors (Lipinski definition) is 0. The molecule has 0 aliphatic carbocycles. The van der Waals surface area contributed by atoms with Gasteiger partial charge in [0.2, 0.25) is 0 Å². The van der Waals surface area contributed by atoms with E-state index in [1.54, 1.807) is 24.4 Å². The summed E-state index contributed by atoms with van der Waals surface area (Å²) in [6.45, 7) is 5.18. The molecule has 0 unspecified atom stereocenters. The zero-order valence-corrected chi connectivity index (χ0v) is 23.0. The number of ether oxygens (including phenoxy) is 1. The summed E-state index contributed by atoms with van der Waals surface area (Å²) in [4.78, 5) is 24.6. The molecule has 5 rings (SSSR count). The fourth-order valence-corrected chi connectivity index (χ4v) is 5.61. The molecule has 0 amide bonds. The summed E-state index contributed by atoms with van der Waals surface area (Å²) >= 11 is 0. The van der Waals surface area contributed by atoms with Gasteiger partial charge >= 0.3 is 0 Å². The van der Waals surface area contributed by atoms with Crippen LogP contribution in [0.3, 0.4) is 0 Å². The van der Waals surface area contributed by atoms with Crippen molar-refractivity contribution < 1.29 is 23.4 Å². The number of aryl methyl sites for hydroxylation is 1. The van der Waals surface area contributed by atoms with Crippen LogP contribution >= 0.6 is 0 Å². The van der Waals surface area contributed by atoms with E-state index in [4.69, 9.17) is 10.00 Å². The molecular weight excluding hydrogens is 528 g/mol. The molecule has 2 fully saturated rings. The molecule has 10 heteroatoms. The fourth-order valence-electron chi connectivity index (χ4n) is 5.61. The molecule has 3 aromatic rings. The first kappa shape index (κ1) is 28.4. The summed E-state index contributed by atoms with van der Waals surface area (Å²) < 4.78 is 35.4. The van der Waals surface area contributed by atoms with Gasteiger partial charge in [-0.2, -0.15) is 5.26 Å². The van der Waals surface area contributed by atoms with Crippen molar-refractivity contribution in [3.63, 3.8) is 0 Å². The molecule has 0 radical (unpaired) electrons. The summed E-state index contributed by atoms with van der Waals surface area (Å²) in [7, 11) is 0. The molecule has 1 aromatic carbocycles. The standard InChI is InChI=1S/C31H33F2N5O3/c1-20-15-28(21-5-10-37(11-6-21)14-9-34)35-18-23(20)19-41-30-25(16-24(32)17-26(30)33)27-3-2-4-29(36-27)38-12-7-22(8-13-38)31(39)40/h2-4,15-18,21-22H,5-8,10-14,19H2,1H3,(H,39,40)/p-1. The highest BCUT2D eigenvalue weighted by Crippen LogP contribution is 2.35. The lowest BCUT2D eigenvalue weighted by molar-refractivity contribution is -0.312. The summed E-state index contributed by atoms with van der Waals surface area (Å²) in [5.41, 5.74) is 3.31. The van der Waals surface area contributed by atoms with Crippen molar-refractivity contribution in [2.24, 2.45) is 5.92 Å². The minimum absolute atomic E-state index is 0.0473. The van der Waals surface area contributed by atoms with E-state index in [2.05, 4.69) is 20.9 Å². The topological polar surface area (TPSA) is 105 Å². The number of carbonyl (C=O) groups is 1. The van der Waals surface area contributed by atoms with E-state index in [0.29, 0.717) is 49.9 Å². The normalized spacial score (nSPS) is 16.9. The second kappa shape index (κ2) is 12.6. The molecular formula is C31H32F2N5O3-. The minimum atomic E-state index is -1.04. The molecule has 0 saturated carbocycles. The number of halogens is 2. The molecule has 0 spiro atoms. The second-order valence-electron chi connectivity index (χ2n) is 10.8. The number of hydrogen-bond acceptors (Lipinski definition) is 8. The van der Waals surface area contributed by atoms with Gasteiger partial charge in [-0.05, 0) is 75.5 Å². The highest BCUT2D eigenvalue weighted by molar-refractivity contribution is 5.70. The fraction of sp³-hybridized carbons (Fsp3) is 0.419. The maximum atomic E-state index is 15.1. The Balaban J connectivity index is 1.31. The molecule has 2 aromatic heterocycles. The Bertz CT molecular complexity index is 1440. The first-order chi connectivity index (χ1) is 19.8. The SMILES string of the molecule is Cc1cc(C2CCN(CC#N)CC2)ncc1COc1c(F)cc(F)cc1-c1cccc(N2CCC(C(=O)[O-])CC2)n1. The van der Waals surface area contributed by atoms with Crippen LogP contribution in [0, 0.1) is 35.8 Å². The Hall–Kier alpha value is -4.10. The molecule has 8 nitrogen and oxygen atoms in total. The molecule has 2 saturated heterocycles. The van der Waals surface area contributed by atoms with Gasteiger partial charge in [-0.25, -0.2) is 13.8 Å². The van der Waals surface area contributed by atoms with Crippen molar-refractivity contribution in [3.05, 3.63) is 71.1 Å². The molecule has 0 bridgehead atoms. The second-order valence-corrected chi connectivity index (χ2v) is 10.8. The predicted octanol–water partition coefficient (Wildman–Crippen LogP) is 3.98. The summed E-state index contributed by atoms with van der Waals surface area (Å²) in [6.07, 6.45) is 4.53. The van der Waals surface area contributed by atoms with Crippen LogP contribution in [0.4, 0.5) is 14.6 Å². The third-order valence-electron chi connectivity index (χ3n) is 8.08. The van der Waals surface area contributed by atoms with E-state index in [9.17, 15) is 14.3 Å². The number of carbonyl (C=O) groups excluding carboxylic acids is 1. The molecule has 41 heavy (non-hydrogen) atoms.